The molecule has 1 atom stereocenters. The Morgan fingerprint density at radius 2 is 2.05 bits per heavy atom. The van der Waals surface area contributed by atoms with Crippen LogP contribution in [0.15, 0.2) is 40.5 Å². The van der Waals surface area contributed by atoms with Crippen molar-refractivity contribution in [2.24, 2.45) is 0 Å². The van der Waals surface area contributed by atoms with Gasteiger partial charge in [0.1, 0.15) is 6.04 Å². The van der Waals surface area contributed by atoms with Gasteiger partial charge in [-0.2, -0.15) is 4.72 Å². The lowest BCUT2D eigenvalue weighted by Crippen LogP contribution is -2.40. The van der Waals surface area contributed by atoms with Gasteiger partial charge in [0.15, 0.2) is 0 Å². The van der Waals surface area contributed by atoms with Gasteiger partial charge in [0.25, 0.3) is 0 Å². The van der Waals surface area contributed by atoms with Gasteiger partial charge < -0.3 is 15.1 Å². The predicted molar refractivity (Wildman–Crippen MR) is 75.5 cm³/mol. The Balaban J connectivity index is 2.38. The lowest BCUT2D eigenvalue weighted by molar-refractivity contribution is -0.138. The van der Waals surface area contributed by atoms with E-state index >= 15 is 0 Å². The molecule has 0 aliphatic heterocycles. The second-order valence-electron chi connectivity index (χ2n) is 4.32. The molecular formula is C12H13N3O5S. The van der Waals surface area contributed by atoms with Crippen molar-refractivity contribution in [1.29, 1.82) is 0 Å². The molecule has 8 nitrogen and oxygen atoms in total. The van der Waals surface area contributed by atoms with Crippen LogP contribution in [-0.2, 0) is 14.8 Å². The van der Waals surface area contributed by atoms with Crippen molar-refractivity contribution >= 4 is 27.0 Å². The number of H-pyrrole nitrogens is 2. The average molecular weight is 311 g/mol. The van der Waals surface area contributed by atoms with Crippen LogP contribution in [0.25, 0.3) is 11.0 Å². The van der Waals surface area contributed by atoms with Crippen molar-refractivity contribution in [3.8, 4) is 0 Å². The molecule has 0 saturated heterocycles. The Kier molecular flexibility index (Phi) is 3.96. The van der Waals surface area contributed by atoms with Crippen LogP contribution in [0, 0.1) is 0 Å². The molecule has 21 heavy (non-hydrogen) atoms. The third kappa shape index (κ3) is 3.20. The fourth-order valence-electron chi connectivity index (χ4n) is 1.80. The van der Waals surface area contributed by atoms with Crippen LogP contribution in [0.2, 0.25) is 0 Å². The Hall–Kier alpha value is -2.39. The normalized spacial score (nSPS) is 13.1. The Bertz CT molecular complexity index is 849. The van der Waals surface area contributed by atoms with E-state index in [-0.39, 0.29) is 11.3 Å². The van der Waals surface area contributed by atoms with E-state index in [9.17, 15) is 18.0 Å². The van der Waals surface area contributed by atoms with Gasteiger partial charge in [-0.15, -0.1) is 6.58 Å². The second-order valence-corrected chi connectivity index (χ2v) is 6.04. The van der Waals surface area contributed by atoms with E-state index in [4.69, 9.17) is 5.11 Å². The summed E-state index contributed by atoms with van der Waals surface area (Å²) in [6.45, 7) is 3.39. The molecule has 1 aromatic carbocycles. The Labute approximate surface area is 119 Å². The maximum absolute atomic E-state index is 12.2. The number of imidazole rings is 1. The molecule has 1 aromatic heterocycles. The summed E-state index contributed by atoms with van der Waals surface area (Å²) in [5.41, 5.74) is 0.320. The highest BCUT2D eigenvalue weighted by Crippen LogP contribution is 2.15. The molecule has 2 rings (SSSR count). The van der Waals surface area contributed by atoms with Gasteiger partial charge in [-0.3, -0.25) is 4.79 Å². The zero-order valence-electron chi connectivity index (χ0n) is 10.8. The molecule has 0 saturated carbocycles. The number of aromatic amines is 2. The number of benzene rings is 1. The first-order chi connectivity index (χ1) is 9.83. The minimum Gasteiger partial charge on any atom is -0.480 e. The molecule has 0 spiro atoms. The molecule has 9 heteroatoms. The highest BCUT2D eigenvalue weighted by Gasteiger charge is 2.24. The van der Waals surface area contributed by atoms with Gasteiger partial charge in [-0.05, 0) is 24.6 Å². The number of fused-ring (bicyclic) bond motifs is 1. The monoisotopic (exact) mass is 311 g/mol. The number of rotatable bonds is 6. The zero-order valence-corrected chi connectivity index (χ0v) is 11.6. The minimum atomic E-state index is -4.02. The van der Waals surface area contributed by atoms with Gasteiger partial charge in [0.2, 0.25) is 10.0 Å². The number of nitrogens with one attached hydrogen (secondary N) is 3. The largest absolute Gasteiger partial charge is 0.480 e. The number of hydrogen-bond donors (Lipinski definition) is 4. The molecule has 112 valence electrons. The summed E-state index contributed by atoms with van der Waals surface area (Å²) in [5.74, 6) is -1.30. The predicted octanol–water partition coefficient (Wildman–Crippen LogP) is 0.164. The number of aliphatic carboxylic acids is 1. The summed E-state index contributed by atoms with van der Waals surface area (Å²) >= 11 is 0. The first-order valence-corrected chi connectivity index (χ1v) is 7.40. The van der Waals surface area contributed by atoms with E-state index in [2.05, 4.69) is 21.3 Å². The molecule has 0 bridgehead atoms. The quantitative estimate of drug-likeness (QED) is 0.564. The maximum Gasteiger partial charge on any atom is 0.323 e. The van der Waals surface area contributed by atoms with Crippen LogP contribution in [-0.4, -0.2) is 35.5 Å². The van der Waals surface area contributed by atoms with E-state index in [0.29, 0.717) is 11.0 Å². The second kappa shape index (κ2) is 5.54. The van der Waals surface area contributed by atoms with E-state index in [1.165, 1.54) is 24.3 Å². The van der Waals surface area contributed by atoms with E-state index < -0.39 is 27.7 Å². The van der Waals surface area contributed by atoms with Gasteiger partial charge in [0.05, 0.1) is 15.9 Å². The number of aromatic nitrogens is 2. The van der Waals surface area contributed by atoms with Crippen molar-refractivity contribution in [2.45, 2.75) is 17.4 Å². The van der Waals surface area contributed by atoms with Gasteiger partial charge in [-0.1, -0.05) is 6.08 Å². The van der Waals surface area contributed by atoms with Crippen molar-refractivity contribution in [2.75, 3.05) is 0 Å². The average Bonchev–Trinajstić information content (AvgIpc) is 2.76. The highest BCUT2D eigenvalue weighted by atomic mass is 32.2. The minimum absolute atomic E-state index is 0.0439. The van der Waals surface area contributed by atoms with Crippen LogP contribution < -0.4 is 10.4 Å². The van der Waals surface area contributed by atoms with Gasteiger partial charge in [-0.25, -0.2) is 13.2 Å². The molecule has 1 unspecified atom stereocenters. The van der Waals surface area contributed by atoms with E-state index in [1.54, 1.807) is 0 Å². The van der Waals surface area contributed by atoms with Crippen LogP contribution in [0.1, 0.15) is 6.42 Å². The molecule has 2 aromatic rings. The zero-order chi connectivity index (χ0) is 15.6. The highest BCUT2D eigenvalue weighted by molar-refractivity contribution is 7.89. The number of carbonyl (C=O) groups is 1. The van der Waals surface area contributed by atoms with Crippen LogP contribution in [0.3, 0.4) is 0 Å². The molecule has 0 fully saturated rings. The van der Waals surface area contributed by atoms with Gasteiger partial charge >= 0.3 is 11.7 Å². The third-order valence-electron chi connectivity index (χ3n) is 2.80. The smallest absolute Gasteiger partial charge is 0.323 e. The van der Waals surface area contributed by atoms with Crippen molar-refractivity contribution in [1.82, 2.24) is 14.7 Å². The van der Waals surface area contributed by atoms with E-state index in [1.807, 2.05) is 0 Å². The lowest BCUT2D eigenvalue weighted by atomic mass is 10.2. The fourth-order valence-corrected chi connectivity index (χ4v) is 3.03. The Morgan fingerprint density at radius 1 is 1.38 bits per heavy atom. The van der Waals surface area contributed by atoms with Crippen LogP contribution in [0.4, 0.5) is 0 Å². The number of sulfonamides is 1. The summed E-state index contributed by atoms with van der Waals surface area (Å²) in [6, 6.07) is 2.66. The molecule has 0 amide bonds. The number of carboxylic acid groups (broad SMARTS) is 1. The van der Waals surface area contributed by atoms with Crippen molar-refractivity contribution < 1.29 is 18.3 Å². The van der Waals surface area contributed by atoms with E-state index in [0.717, 1.165) is 0 Å². The SMILES string of the molecule is C=CCC(NS(=O)(=O)c1ccc2[nH]c(=O)[nH]c2c1)C(=O)O. The number of hydrogen-bond acceptors (Lipinski definition) is 4. The first kappa shape index (κ1) is 15.0. The molecule has 0 aliphatic rings. The van der Waals surface area contributed by atoms with Crippen molar-refractivity contribution in [3.05, 3.63) is 41.3 Å². The van der Waals surface area contributed by atoms with Gasteiger partial charge in [0, 0.05) is 0 Å². The Morgan fingerprint density at radius 3 is 2.67 bits per heavy atom. The lowest BCUT2D eigenvalue weighted by Gasteiger charge is -2.13. The van der Waals surface area contributed by atoms with Crippen LogP contribution >= 0.6 is 0 Å². The summed E-state index contributed by atoms with van der Waals surface area (Å²) < 4.78 is 26.4. The van der Waals surface area contributed by atoms with Crippen molar-refractivity contribution in [3.63, 3.8) is 0 Å². The van der Waals surface area contributed by atoms with Crippen LogP contribution in [0.5, 0.6) is 0 Å². The summed E-state index contributed by atoms with van der Waals surface area (Å²) in [6.07, 6.45) is 1.27. The molecule has 0 aliphatic carbocycles. The summed E-state index contributed by atoms with van der Waals surface area (Å²) in [5, 5.41) is 8.96. The first-order valence-electron chi connectivity index (χ1n) is 5.91. The fraction of sp³-hybridized carbons (Fsp3) is 0.167. The molecular weight excluding hydrogens is 298 g/mol. The standard InChI is InChI=1S/C12H13N3O5S/c1-2-3-9(11(16)17)15-21(19,20)7-4-5-8-10(6-7)14-12(18)13-8/h2,4-6,9,15H,1,3H2,(H,16,17)(H2,13,14,18). The third-order valence-corrected chi connectivity index (χ3v) is 4.26. The summed E-state index contributed by atoms with van der Waals surface area (Å²) in [7, 11) is -4.02. The topological polar surface area (TPSA) is 132 Å². The maximum atomic E-state index is 12.2. The molecule has 0 radical (unpaired) electrons. The molecule has 1 heterocycles. The summed E-state index contributed by atoms with van der Waals surface area (Å²) in [4.78, 5) is 26.9. The number of carboxylic acids is 1. The molecule has 4 N–H and O–H groups in total.